The van der Waals surface area contributed by atoms with Gasteiger partial charge in [-0.3, -0.25) is 9.89 Å². The molecule has 0 unspecified atom stereocenters. The van der Waals surface area contributed by atoms with Gasteiger partial charge in [0, 0.05) is 37.7 Å². The van der Waals surface area contributed by atoms with Gasteiger partial charge in [0.15, 0.2) is 5.96 Å². The minimum absolute atomic E-state index is 0.0112. The Morgan fingerprint density at radius 2 is 1.92 bits per heavy atom. The van der Waals surface area contributed by atoms with Crippen LogP contribution in [0, 0.1) is 17.0 Å². The summed E-state index contributed by atoms with van der Waals surface area (Å²) >= 11 is 0. The second-order valence-corrected chi connectivity index (χ2v) is 7.40. The van der Waals surface area contributed by atoms with E-state index in [2.05, 4.69) is 15.2 Å². The zero-order valence-corrected chi connectivity index (χ0v) is 15.1. The Labute approximate surface area is 153 Å². The molecule has 1 aliphatic carbocycles. The van der Waals surface area contributed by atoms with Gasteiger partial charge in [-0.25, -0.2) is 8.78 Å². The summed E-state index contributed by atoms with van der Waals surface area (Å²) in [6.45, 7) is 5.05. The highest BCUT2D eigenvalue weighted by atomic mass is 19.1. The number of nitrogens with one attached hydrogen (secondary N) is 1. The number of aliphatic imine (C=N–C) groups is 1. The molecule has 5 nitrogen and oxygen atoms in total. The van der Waals surface area contributed by atoms with Crippen LogP contribution in [0.4, 0.5) is 14.5 Å². The molecule has 1 aliphatic heterocycles. The number of hydrogen-bond donors (Lipinski definition) is 2. The summed E-state index contributed by atoms with van der Waals surface area (Å²) in [4.78, 5) is 6.93. The minimum atomic E-state index is -0.551. The number of hydrogen-bond acceptors (Lipinski definition) is 3. The summed E-state index contributed by atoms with van der Waals surface area (Å²) in [5.74, 6) is -0.940. The highest BCUT2D eigenvalue weighted by molar-refractivity contribution is 5.92. The summed E-state index contributed by atoms with van der Waals surface area (Å²) in [6, 6.07) is 3.24. The van der Waals surface area contributed by atoms with Gasteiger partial charge in [0.2, 0.25) is 0 Å². The number of anilines is 1. The zero-order valence-electron chi connectivity index (χ0n) is 15.1. The van der Waals surface area contributed by atoms with Crippen molar-refractivity contribution >= 4 is 11.6 Å². The molecule has 3 N–H and O–H groups in total. The quantitative estimate of drug-likeness (QED) is 0.621. The highest BCUT2D eigenvalue weighted by Crippen LogP contribution is 2.37. The minimum Gasteiger partial charge on any atom is -0.379 e. The van der Waals surface area contributed by atoms with Gasteiger partial charge in [-0.05, 0) is 25.0 Å². The number of benzene rings is 1. The van der Waals surface area contributed by atoms with Gasteiger partial charge in [-0.2, -0.15) is 0 Å². The van der Waals surface area contributed by atoms with E-state index >= 15 is 0 Å². The molecule has 1 saturated heterocycles. The van der Waals surface area contributed by atoms with Gasteiger partial charge in [-0.1, -0.05) is 19.3 Å². The van der Waals surface area contributed by atoms with Crippen LogP contribution in [0.2, 0.25) is 0 Å². The first-order valence-electron chi connectivity index (χ1n) is 9.38. The van der Waals surface area contributed by atoms with E-state index in [-0.39, 0.29) is 17.1 Å². The van der Waals surface area contributed by atoms with E-state index in [1.54, 1.807) is 0 Å². The summed E-state index contributed by atoms with van der Waals surface area (Å²) in [5.41, 5.74) is 6.06. The first-order valence-corrected chi connectivity index (χ1v) is 9.38. The van der Waals surface area contributed by atoms with Gasteiger partial charge in [-0.15, -0.1) is 0 Å². The third-order valence-electron chi connectivity index (χ3n) is 5.35. The fourth-order valence-corrected chi connectivity index (χ4v) is 3.93. The predicted octanol–water partition coefficient (Wildman–Crippen LogP) is 2.97. The monoisotopic (exact) mass is 366 g/mol. The molecule has 0 bridgehead atoms. The van der Waals surface area contributed by atoms with Crippen molar-refractivity contribution in [1.29, 1.82) is 0 Å². The summed E-state index contributed by atoms with van der Waals surface area (Å²) in [5, 5.41) is 2.69. The van der Waals surface area contributed by atoms with Crippen LogP contribution in [0.15, 0.2) is 23.2 Å². The second-order valence-electron chi connectivity index (χ2n) is 7.40. The third kappa shape index (κ3) is 5.14. The lowest BCUT2D eigenvalue weighted by molar-refractivity contribution is 0.00940. The molecule has 2 aliphatic rings. The van der Waals surface area contributed by atoms with Gasteiger partial charge in [0.05, 0.1) is 18.9 Å². The topological polar surface area (TPSA) is 62.9 Å². The van der Waals surface area contributed by atoms with Gasteiger partial charge >= 0.3 is 0 Å². The van der Waals surface area contributed by atoms with Crippen LogP contribution in [0.25, 0.3) is 0 Å². The largest absolute Gasteiger partial charge is 0.379 e. The Balaban J connectivity index is 1.65. The van der Waals surface area contributed by atoms with Crippen molar-refractivity contribution in [2.75, 3.05) is 44.7 Å². The Bertz CT molecular complexity index is 626. The fourth-order valence-electron chi connectivity index (χ4n) is 3.93. The molecule has 0 spiro atoms. The van der Waals surface area contributed by atoms with E-state index < -0.39 is 11.6 Å². The average molecular weight is 366 g/mol. The van der Waals surface area contributed by atoms with Crippen LogP contribution in [0.5, 0.6) is 0 Å². The Hall–Kier alpha value is -1.73. The lowest BCUT2D eigenvalue weighted by atomic mass is 9.73. The summed E-state index contributed by atoms with van der Waals surface area (Å²) < 4.78 is 32.5. The molecule has 0 aromatic heterocycles. The van der Waals surface area contributed by atoms with Crippen molar-refractivity contribution < 1.29 is 13.5 Å². The molecule has 0 atom stereocenters. The number of halogens is 2. The van der Waals surface area contributed by atoms with Crippen molar-refractivity contribution in [3.63, 3.8) is 0 Å². The van der Waals surface area contributed by atoms with E-state index in [4.69, 9.17) is 10.5 Å². The van der Waals surface area contributed by atoms with Gasteiger partial charge < -0.3 is 15.8 Å². The molecular formula is C19H28F2N4O. The predicted molar refractivity (Wildman–Crippen MR) is 99.2 cm³/mol. The molecular weight excluding hydrogens is 338 g/mol. The number of ether oxygens (including phenoxy) is 1. The van der Waals surface area contributed by atoms with Crippen LogP contribution in [-0.2, 0) is 4.74 Å². The normalized spacial score (nSPS) is 21.5. The van der Waals surface area contributed by atoms with Crippen molar-refractivity contribution in [3.05, 3.63) is 29.8 Å². The van der Waals surface area contributed by atoms with E-state index in [0.717, 1.165) is 63.9 Å². The molecule has 144 valence electrons. The van der Waals surface area contributed by atoms with Crippen LogP contribution >= 0.6 is 0 Å². The number of nitrogens with two attached hydrogens (primary N) is 1. The first kappa shape index (κ1) is 19.0. The van der Waals surface area contributed by atoms with E-state index in [9.17, 15) is 8.78 Å². The molecule has 2 fully saturated rings. The lowest BCUT2D eigenvalue weighted by Gasteiger charge is -2.41. The van der Waals surface area contributed by atoms with Crippen LogP contribution < -0.4 is 11.1 Å². The van der Waals surface area contributed by atoms with Gasteiger partial charge in [0.25, 0.3) is 0 Å². The number of morpholine rings is 1. The SMILES string of the molecule is NC(=NCC1(CN2CCOCC2)CCCCC1)Nc1cc(F)ccc1F. The number of nitrogens with zero attached hydrogens (tertiary/aromatic N) is 2. The molecule has 1 aromatic rings. The van der Waals surface area contributed by atoms with Crippen molar-refractivity contribution in [2.24, 2.45) is 16.1 Å². The average Bonchev–Trinajstić information content (AvgIpc) is 2.65. The molecule has 1 aromatic carbocycles. The molecule has 26 heavy (non-hydrogen) atoms. The molecule has 1 heterocycles. The maximum atomic E-state index is 13.8. The van der Waals surface area contributed by atoms with Crippen LogP contribution in [-0.4, -0.2) is 50.3 Å². The lowest BCUT2D eigenvalue weighted by Crippen LogP contribution is -2.46. The fraction of sp³-hybridized carbons (Fsp3) is 0.632. The number of rotatable bonds is 5. The molecule has 3 rings (SSSR count). The molecule has 0 amide bonds. The third-order valence-corrected chi connectivity index (χ3v) is 5.35. The first-order chi connectivity index (χ1) is 12.6. The van der Waals surface area contributed by atoms with E-state index in [0.29, 0.717) is 6.54 Å². The maximum Gasteiger partial charge on any atom is 0.193 e. The van der Waals surface area contributed by atoms with Crippen LogP contribution in [0.1, 0.15) is 32.1 Å². The molecule has 0 radical (unpaired) electrons. The number of guanidine groups is 1. The van der Waals surface area contributed by atoms with E-state index in [1.165, 1.54) is 19.3 Å². The summed E-state index contributed by atoms with van der Waals surface area (Å²) in [7, 11) is 0. The smallest absolute Gasteiger partial charge is 0.193 e. The Kier molecular flexibility index (Phi) is 6.43. The summed E-state index contributed by atoms with van der Waals surface area (Å²) in [6.07, 6.45) is 5.90. The Morgan fingerprint density at radius 1 is 1.19 bits per heavy atom. The maximum absolute atomic E-state index is 13.8. The second kappa shape index (κ2) is 8.77. The van der Waals surface area contributed by atoms with Crippen molar-refractivity contribution in [1.82, 2.24) is 4.90 Å². The molecule has 1 saturated carbocycles. The van der Waals surface area contributed by atoms with Gasteiger partial charge in [0.1, 0.15) is 11.6 Å². The van der Waals surface area contributed by atoms with Crippen molar-refractivity contribution in [2.45, 2.75) is 32.1 Å². The van der Waals surface area contributed by atoms with Crippen LogP contribution in [0.3, 0.4) is 0 Å². The standard InChI is InChI=1S/C19H28F2N4O/c20-15-4-5-16(21)17(12-15)24-18(22)23-13-19(6-2-1-3-7-19)14-25-8-10-26-11-9-25/h4-5,12H,1-3,6-11,13-14H2,(H3,22,23,24). The highest BCUT2D eigenvalue weighted by Gasteiger charge is 2.34. The molecule has 7 heteroatoms. The van der Waals surface area contributed by atoms with E-state index in [1.807, 2.05) is 0 Å². The Morgan fingerprint density at radius 3 is 2.65 bits per heavy atom. The van der Waals surface area contributed by atoms with Crippen molar-refractivity contribution in [3.8, 4) is 0 Å². The zero-order chi connectivity index (χ0) is 18.4.